The lowest BCUT2D eigenvalue weighted by Gasteiger charge is -2.03. The van der Waals surface area contributed by atoms with Gasteiger partial charge in [0, 0.05) is 25.9 Å². The first-order valence-electron chi connectivity index (χ1n) is 5.26. The number of rotatable bonds is 3. The molecule has 1 aromatic carbocycles. The van der Waals surface area contributed by atoms with Crippen molar-refractivity contribution in [3.8, 4) is 0 Å². The maximum Gasteiger partial charge on any atom is 0.264 e. The Balaban J connectivity index is 1.86. The predicted molar refractivity (Wildman–Crippen MR) is 72.4 cm³/mol. The summed E-state index contributed by atoms with van der Waals surface area (Å²) in [5.41, 5.74) is 1.65. The van der Waals surface area contributed by atoms with E-state index in [1.165, 1.54) is 23.1 Å². The molecule has 0 aliphatic rings. The number of benzene rings is 1. The topological polar surface area (TPSA) is 55.1 Å². The second kappa shape index (κ2) is 4.58. The van der Waals surface area contributed by atoms with E-state index >= 15 is 0 Å². The monoisotopic (exact) mass is 278 g/mol. The average molecular weight is 278 g/mol. The molecule has 18 heavy (non-hydrogen) atoms. The van der Waals surface area contributed by atoms with Gasteiger partial charge in [-0.05, 0) is 12.1 Å². The van der Waals surface area contributed by atoms with Crippen LogP contribution in [0.5, 0.6) is 0 Å². The zero-order valence-electron chi connectivity index (χ0n) is 9.82. The smallest absolute Gasteiger partial charge is 0.264 e. The SMILES string of the molecule is CN(C)c1nnc(Sc2nc3ccccc3o2)s1. The summed E-state index contributed by atoms with van der Waals surface area (Å²) in [6.45, 7) is 0. The molecule has 0 saturated carbocycles. The maximum atomic E-state index is 5.62. The zero-order chi connectivity index (χ0) is 12.5. The lowest BCUT2D eigenvalue weighted by Crippen LogP contribution is -2.07. The zero-order valence-corrected chi connectivity index (χ0v) is 11.5. The largest absolute Gasteiger partial charge is 0.431 e. The van der Waals surface area contributed by atoms with E-state index in [1.54, 1.807) is 0 Å². The standard InChI is InChI=1S/C11H10N4OS2/c1-15(2)9-13-14-11(17-9)18-10-12-7-5-3-4-6-8(7)16-10/h3-6H,1-2H3. The van der Waals surface area contributed by atoms with Crippen LogP contribution in [0.4, 0.5) is 5.13 Å². The van der Waals surface area contributed by atoms with Crippen molar-refractivity contribution in [2.75, 3.05) is 19.0 Å². The van der Waals surface area contributed by atoms with Crippen molar-refractivity contribution >= 4 is 39.3 Å². The van der Waals surface area contributed by atoms with E-state index in [1.807, 2.05) is 43.3 Å². The van der Waals surface area contributed by atoms with Crippen molar-refractivity contribution in [1.29, 1.82) is 0 Å². The van der Waals surface area contributed by atoms with E-state index in [-0.39, 0.29) is 0 Å². The number of nitrogens with zero attached hydrogens (tertiary/aromatic N) is 4. The van der Waals surface area contributed by atoms with Gasteiger partial charge in [0.05, 0.1) is 0 Å². The number of oxazole rings is 1. The fourth-order valence-electron chi connectivity index (χ4n) is 1.39. The Morgan fingerprint density at radius 2 is 2.06 bits per heavy atom. The van der Waals surface area contributed by atoms with Crippen LogP contribution >= 0.6 is 23.1 Å². The van der Waals surface area contributed by atoms with Gasteiger partial charge in [0.15, 0.2) is 9.92 Å². The molecular formula is C11H10N4OS2. The van der Waals surface area contributed by atoms with Gasteiger partial charge in [-0.1, -0.05) is 23.5 Å². The molecule has 2 aromatic heterocycles. The molecule has 0 radical (unpaired) electrons. The van der Waals surface area contributed by atoms with Crippen LogP contribution in [0.25, 0.3) is 11.1 Å². The number of para-hydroxylation sites is 2. The second-order valence-electron chi connectivity index (χ2n) is 3.79. The quantitative estimate of drug-likeness (QED) is 0.734. The van der Waals surface area contributed by atoms with Crippen LogP contribution in [0.3, 0.4) is 0 Å². The normalized spacial score (nSPS) is 11.0. The highest BCUT2D eigenvalue weighted by Gasteiger charge is 2.11. The molecule has 0 atom stereocenters. The first-order valence-corrected chi connectivity index (χ1v) is 6.90. The molecule has 7 heteroatoms. The summed E-state index contributed by atoms with van der Waals surface area (Å²) in [6, 6.07) is 7.69. The Morgan fingerprint density at radius 3 is 2.78 bits per heavy atom. The van der Waals surface area contributed by atoms with Crippen molar-refractivity contribution < 1.29 is 4.42 Å². The molecule has 0 aliphatic carbocycles. The highest BCUT2D eigenvalue weighted by Crippen LogP contribution is 2.33. The summed E-state index contributed by atoms with van der Waals surface area (Å²) >= 11 is 2.90. The summed E-state index contributed by atoms with van der Waals surface area (Å²) in [6.07, 6.45) is 0. The van der Waals surface area contributed by atoms with E-state index in [0.29, 0.717) is 5.22 Å². The molecule has 92 valence electrons. The van der Waals surface area contributed by atoms with Gasteiger partial charge >= 0.3 is 0 Å². The Hall–Kier alpha value is -1.60. The molecular weight excluding hydrogens is 268 g/mol. The summed E-state index contributed by atoms with van der Waals surface area (Å²) in [5, 5.41) is 9.63. The van der Waals surface area contributed by atoms with Gasteiger partial charge in [0.25, 0.3) is 5.22 Å². The number of hydrogen-bond acceptors (Lipinski definition) is 7. The van der Waals surface area contributed by atoms with Gasteiger partial charge in [-0.3, -0.25) is 0 Å². The number of hydrogen-bond donors (Lipinski definition) is 0. The van der Waals surface area contributed by atoms with Crippen LogP contribution in [0.15, 0.2) is 38.2 Å². The van der Waals surface area contributed by atoms with Crippen LogP contribution in [0.1, 0.15) is 0 Å². The molecule has 0 amide bonds. The molecule has 0 fully saturated rings. The van der Waals surface area contributed by atoms with Gasteiger partial charge in [0.1, 0.15) is 5.52 Å². The first-order chi connectivity index (χ1) is 8.72. The minimum Gasteiger partial charge on any atom is -0.431 e. The van der Waals surface area contributed by atoms with E-state index in [2.05, 4.69) is 15.2 Å². The van der Waals surface area contributed by atoms with Crippen LogP contribution in [0, 0.1) is 0 Å². The lowest BCUT2D eigenvalue weighted by molar-refractivity contribution is 0.489. The van der Waals surface area contributed by atoms with Gasteiger partial charge in [-0.25, -0.2) is 4.98 Å². The van der Waals surface area contributed by atoms with Gasteiger partial charge in [-0.15, -0.1) is 10.2 Å². The molecule has 3 aromatic rings. The van der Waals surface area contributed by atoms with Gasteiger partial charge < -0.3 is 9.32 Å². The number of anilines is 1. The predicted octanol–water partition coefficient (Wildman–Crippen LogP) is 2.90. The molecule has 2 heterocycles. The Labute approximate surface area is 112 Å². The van der Waals surface area contributed by atoms with Crippen molar-refractivity contribution in [1.82, 2.24) is 15.2 Å². The minimum atomic E-state index is 0.595. The summed E-state index contributed by atoms with van der Waals surface area (Å²) in [7, 11) is 3.88. The molecule has 0 saturated heterocycles. The summed E-state index contributed by atoms with van der Waals surface area (Å²) < 4.78 is 6.44. The third kappa shape index (κ3) is 2.19. The Kier molecular flexibility index (Phi) is 2.92. The highest BCUT2D eigenvalue weighted by molar-refractivity contribution is 8.00. The molecule has 0 N–H and O–H groups in total. The fourth-order valence-corrected chi connectivity index (χ4v) is 3.01. The van der Waals surface area contributed by atoms with Gasteiger partial charge in [-0.2, -0.15) is 0 Å². The highest BCUT2D eigenvalue weighted by atomic mass is 32.2. The van der Waals surface area contributed by atoms with E-state index in [0.717, 1.165) is 20.6 Å². The Morgan fingerprint density at radius 1 is 1.22 bits per heavy atom. The second-order valence-corrected chi connectivity index (χ2v) is 5.95. The van der Waals surface area contributed by atoms with E-state index < -0.39 is 0 Å². The third-order valence-electron chi connectivity index (χ3n) is 2.23. The summed E-state index contributed by atoms with van der Waals surface area (Å²) in [5.74, 6) is 0. The Bertz CT molecular complexity index is 643. The minimum absolute atomic E-state index is 0.595. The van der Waals surface area contributed by atoms with Crippen molar-refractivity contribution in [2.45, 2.75) is 9.56 Å². The van der Waals surface area contributed by atoms with Gasteiger partial charge in [0.2, 0.25) is 5.13 Å². The van der Waals surface area contributed by atoms with E-state index in [9.17, 15) is 0 Å². The maximum absolute atomic E-state index is 5.62. The van der Waals surface area contributed by atoms with Crippen molar-refractivity contribution in [2.24, 2.45) is 0 Å². The number of aromatic nitrogens is 3. The molecule has 0 bridgehead atoms. The first kappa shape index (κ1) is 11.5. The van der Waals surface area contributed by atoms with Crippen molar-refractivity contribution in [3.05, 3.63) is 24.3 Å². The number of fused-ring (bicyclic) bond motifs is 1. The average Bonchev–Trinajstić information content (AvgIpc) is 2.94. The van der Waals surface area contributed by atoms with Crippen LogP contribution < -0.4 is 4.90 Å². The van der Waals surface area contributed by atoms with Crippen molar-refractivity contribution in [3.63, 3.8) is 0 Å². The molecule has 0 spiro atoms. The molecule has 3 rings (SSSR count). The molecule has 0 unspecified atom stereocenters. The third-order valence-corrected chi connectivity index (χ3v) is 4.22. The fraction of sp³-hybridized carbons (Fsp3) is 0.182. The van der Waals surface area contributed by atoms with Crippen LogP contribution in [-0.2, 0) is 0 Å². The molecule has 0 aliphatic heterocycles. The van der Waals surface area contributed by atoms with Crippen LogP contribution in [-0.4, -0.2) is 29.3 Å². The molecule has 5 nitrogen and oxygen atoms in total. The summed E-state index contributed by atoms with van der Waals surface area (Å²) in [4.78, 5) is 6.31. The van der Waals surface area contributed by atoms with E-state index in [4.69, 9.17) is 4.42 Å². The van der Waals surface area contributed by atoms with Crippen LogP contribution in [0.2, 0.25) is 0 Å². The lowest BCUT2D eigenvalue weighted by atomic mass is 10.3.